The molecule has 14 nitrogen and oxygen atoms in total. The predicted octanol–water partition coefficient (Wildman–Crippen LogP) is 28.6. The van der Waals surface area contributed by atoms with Crippen molar-refractivity contribution < 1.29 is 37.9 Å². The Morgan fingerprint density at radius 3 is 0.435 bits per heavy atom. The lowest BCUT2D eigenvalue weighted by Gasteiger charge is -2.51. The molecular formula is C110H94N6O8. The highest BCUT2D eigenvalue weighted by molar-refractivity contribution is 6.13. The second kappa shape index (κ2) is 33.7. The van der Waals surface area contributed by atoms with Gasteiger partial charge in [0.2, 0.25) is 0 Å². The van der Waals surface area contributed by atoms with Gasteiger partial charge in [0, 0.05) is 112 Å². The zero-order chi connectivity index (χ0) is 84.6. The van der Waals surface area contributed by atoms with Crippen molar-refractivity contribution >= 4 is 112 Å². The number of benzene rings is 16. The van der Waals surface area contributed by atoms with Crippen molar-refractivity contribution in [1.29, 1.82) is 0 Å². The number of hydrogen-bond acceptors (Lipinski definition) is 12. The molecular weight excluding hydrogens is 1530 g/mol. The van der Waals surface area contributed by atoms with E-state index in [1.807, 2.05) is 97.1 Å². The van der Waals surface area contributed by atoms with Crippen LogP contribution in [0.3, 0.4) is 0 Å². The molecule has 124 heavy (non-hydrogen) atoms. The molecule has 0 saturated heterocycles. The molecule has 0 N–H and O–H groups in total. The van der Waals surface area contributed by atoms with Gasteiger partial charge in [0.05, 0.1) is 69.0 Å². The Bertz CT molecular complexity index is 5820. The summed E-state index contributed by atoms with van der Waals surface area (Å²) in [5.74, 6) is 6.89. The molecule has 0 amide bonds. The number of nitrogens with zero attached hydrogens (tertiary/aromatic N) is 6. The average molecular weight is 1630 g/mol. The summed E-state index contributed by atoms with van der Waals surface area (Å²) in [6.45, 7) is 4.92. The van der Waals surface area contributed by atoms with Crippen LogP contribution in [0.1, 0.15) is 25.9 Å². The minimum absolute atomic E-state index is 0.0333. The molecule has 4 unspecified atom stereocenters. The summed E-state index contributed by atoms with van der Waals surface area (Å²) in [6, 6.07) is 130. The second-order valence-electron chi connectivity index (χ2n) is 31.5. The third kappa shape index (κ3) is 14.7. The number of hydrogen-bond donors (Lipinski definition) is 0. The molecule has 18 aromatic rings. The average Bonchev–Trinajstić information content (AvgIpc) is 1.53. The normalized spacial score (nSPS) is 14.2. The topological polar surface area (TPSA) is 96.7 Å². The molecule has 1 aliphatic rings. The summed E-state index contributed by atoms with van der Waals surface area (Å²) in [5.41, 5.74) is 25.7. The minimum Gasteiger partial charge on any atom is -0.497 e. The molecule has 0 radical (unpaired) electrons. The fourth-order valence-corrected chi connectivity index (χ4v) is 18.2. The largest absolute Gasteiger partial charge is 0.497 e. The van der Waals surface area contributed by atoms with Gasteiger partial charge in [-0.25, -0.2) is 0 Å². The van der Waals surface area contributed by atoms with Crippen LogP contribution in [-0.4, -0.2) is 66.0 Å². The van der Waals surface area contributed by atoms with Crippen LogP contribution < -0.4 is 57.5 Å². The van der Waals surface area contributed by atoms with E-state index in [9.17, 15) is 0 Å². The maximum atomic E-state index is 5.62. The quantitative estimate of drug-likeness (QED) is 0.0516. The third-order valence-electron chi connectivity index (χ3n) is 24.9. The van der Waals surface area contributed by atoms with Gasteiger partial charge in [0.1, 0.15) is 46.0 Å². The van der Waals surface area contributed by atoms with Crippen molar-refractivity contribution in [1.82, 2.24) is 9.13 Å². The van der Waals surface area contributed by atoms with E-state index in [1.54, 1.807) is 56.9 Å². The molecule has 4 atom stereocenters. The molecule has 0 bridgehead atoms. The standard InChI is InChI=1S/C110H94N6O8/c1-71-72(2)110(116-107-65-21-79(75-15-27-83(28-16-75)113(89-39-55-97(121-7)56-40-89)90-41-57-98(122-8)58-42-90)69-103(107)104-70-80(22-66-108(104)116)76-17-29-84(30-18-76)114(91-43-59-99(123-9)60-44-91)92-45-61-100(124-10)62-46-92)109(71)115-105-63-19-77(73-11-23-81(24-12-73)111(85-31-47-93(117-3)48-32-85)86-33-49-94(118-4)50-34-86)67-101(105)102-68-78(20-64-106(102)115)74-13-25-82(26-14-74)112(87-35-51-95(119-5)52-36-87)88-37-53-96(120-6)54-38-88/h11-72,109-110H,1-10H3. The lowest BCUT2D eigenvalue weighted by atomic mass is 9.66. The third-order valence-corrected chi connectivity index (χ3v) is 24.9. The Morgan fingerprint density at radius 1 is 0.169 bits per heavy atom. The Kier molecular flexibility index (Phi) is 21.4. The van der Waals surface area contributed by atoms with E-state index >= 15 is 0 Å². The fraction of sp³-hybridized carbons (Fsp3) is 0.127. The monoisotopic (exact) mass is 1630 g/mol. The molecule has 2 heterocycles. The van der Waals surface area contributed by atoms with Gasteiger partial charge in [-0.2, -0.15) is 0 Å². The van der Waals surface area contributed by atoms with Crippen LogP contribution in [0.25, 0.3) is 88.1 Å². The maximum absolute atomic E-state index is 5.62. The number of fused-ring (bicyclic) bond motifs is 6. The fourth-order valence-electron chi connectivity index (χ4n) is 18.2. The van der Waals surface area contributed by atoms with Gasteiger partial charge in [-0.1, -0.05) is 86.6 Å². The van der Waals surface area contributed by atoms with E-state index < -0.39 is 0 Å². The number of anilines is 12. The Labute approximate surface area is 723 Å². The SMILES string of the molecule is COc1ccc(N(c2ccc(OC)cc2)c2ccc(-c3ccc4c(c3)c3cc(-c5ccc(N(c6ccc(OC)cc6)c6ccc(OC)cc6)cc5)ccc3n4C3C(C)C(C)C3n3c4ccc(-c5ccc(N(c6ccc(OC)cc6)c6ccc(OC)cc6)cc5)cc4c4cc(-c5ccc(N(c6ccc(OC)cc6)c6ccc(OC)cc6)cc5)ccc43)cc2)cc1. The molecule has 0 spiro atoms. The van der Waals surface area contributed by atoms with Gasteiger partial charge in [0.15, 0.2) is 0 Å². The molecule has 14 heteroatoms. The van der Waals surface area contributed by atoms with Gasteiger partial charge in [-0.05, 0) is 348 Å². The van der Waals surface area contributed by atoms with Crippen molar-refractivity contribution in [2.24, 2.45) is 11.8 Å². The zero-order valence-corrected chi connectivity index (χ0v) is 70.9. The summed E-state index contributed by atoms with van der Waals surface area (Å²) < 4.78 is 50.4. The number of aromatic nitrogens is 2. The van der Waals surface area contributed by atoms with E-state index in [1.165, 1.54) is 43.6 Å². The lowest BCUT2D eigenvalue weighted by Crippen LogP contribution is -2.46. The van der Waals surface area contributed by atoms with E-state index in [0.29, 0.717) is 0 Å². The first kappa shape index (κ1) is 78.6. The maximum Gasteiger partial charge on any atom is 0.119 e. The first-order valence-electron chi connectivity index (χ1n) is 41.8. The van der Waals surface area contributed by atoms with Gasteiger partial charge in [-0.3, -0.25) is 0 Å². The van der Waals surface area contributed by atoms with Crippen molar-refractivity contribution in [3.63, 3.8) is 0 Å². The molecule has 2 aromatic heterocycles. The first-order chi connectivity index (χ1) is 60.9. The summed E-state index contributed by atoms with van der Waals surface area (Å²) in [7, 11) is 13.6. The second-order valence-corrected chi connectivity index (χ2v) is 31.5. The van der Waals surface area contributed by atoms with Crippen LogP contribution in [0.4, 0.5) is 68.2 Å². The van der Waals surface area contributed by atoms with Crippen LogP contribution in [0.5, 0.6) is 46.0 Å². The van der Waals surface area contributed by atoms with Crippen LogP contribution >= 0.6 is 0 Å². The Balaban J connectivity index is 0.747. The van der Waals surface area contributed by atoms with Crippen molar-refractivity contribution in [3.05, 3.63) is 364 Å². The molecule has 19 rings (SSSR count). The lowest BCUT2D eigenvalue weighted by molar-refractivity contribution is 0.0338. The summed E-state index contributed by atoms with van der Waals surface area (Å²) in [5, 5.41) is 4.74. The van der Waals surface area contributed by atoms with Crippen molar-refractivity contribution in [3.8, 4) is 90.5 Å². The molecule has 16 aromatic carbocycles. The first-order valence-corrected chi connectivity index (χ1v) is 41.8. The van der Waals surface area contributed by atoms with Crippen LogP contribution in [0, 0.1) is 11.8 Å². The van der Waals surface area contributed by atoms with Crippen molar-refractivity contribution in [2.45, 2.75) is 25.9 Å². The van der Waals surface area contributed by atoms with Crippen LogP contribution in [-0.2, 0) is 0 Å². The highest BCUT2D eigenvalue weighted by Crippen LogP contribution is 2.58. The van der Waals surface area contributed by atoms with Gasteiger partial charge in [0.25, 0.3) is 0 Å². The number of methoxy groups -OCH3 is 8. The predicted molar refractivity (Wildman–Crippen MR) is 508 cm³/mol. The van der Waals surface area contributed by atoms with Crippen molar-refractivity contribution in [2.75, 3.05) is 76.5 Å². The number of rotatable bonds is 26. The van der Waals surface area contributed by atoms with Crippen LogP contribution in [0.2, 0.25) is 0 Å². The zero-order valence-electron chi connectivity index (χ0n) is 70.9. The van der Waals surface area contributed by atoms with Gasteiger partial charge >= 0.3 is 0 Å². The molecule has 1 saturated carbocycles. The summed E-state index contributed by atoms with van der Waals surface area (Å²) in [6.07, 6.45) is 0. The molecule has 1 fully saturated rings. The highest BCUT2D eigenvalue weighted by atomic mass is 16.5. The molecule has 0 aliphatic heterocycles. The van der Waals surface area contributed by atoms with E-state index in [2.05, 4.69) is 310 Å². The Hall–Kier alpha value is -15.3. The summed E-state index contributed by atoms with van der Waals surface area (Å²) in [4.78, 5) is 9.05. The van der Waals surface area contributed by atoms with E-state index in [0.717, 1.165) is 159 Å². The van der Waals surface area contributed by atoms with Gasteiger partial charge < -0.3 is 66.6 Å². The van der Waals surface area contributed by atoms with Gasteiger partial charge in [-0.15, -0.1) is 0 Å². The van der Waals surface area contributed by atoms with Crippen LogP contribution in [0.15, 0.2) is 364 Å². The molecule has 1 aliphatic carbocycles. The van der Waals surface area contributed by atoms with E-state index in [-0.39, 0.29) is 23.9 Å². The summed E-state index contributed by atoms with van der Waals surface area (Å²) >= 11 is 0. The Morgan fingerprint density at radius 2 is 0.298 bits per heavy atom. The smallest absolute Gasteiger partial charge is 0.119 e. The number of ether oxygens (including phenoxy) is 8. The highest BCUT2D eigenvalue weighted by Gasteiger charge is 2.49. The molecule has 612 valence electrons. The van der Waals surface area contributed by atoms with E-state index in [4.69, 9.17) is 37.9 Å². The minimum atomic E-state index is 0.0333.